The zero-order valence-corrected chi connectivity index (χ0v) is 11.8. The number of piperidine rings is 1. The number of hydrogen-bond acceptors (Lipinski definition) is 3. The second-order valence-corrected chi connectivity index (χ2v) is 5.73. The third-order valence-electron chi connectivity index (χ3n) is 3.61. The summed E-state index contributed by atoms with van der Waals surface area (Å²) >= 11 is 0. The molecule has 3 heteroatoms. The largest absolute Gasteiger partial charge is 0.378 e. The zero-order chi connectivity index (χ0) is 12.7. The number of ether oxygens (including phenoxy) is 1. The van der Waals surface area contributed by atoms with Gasteiger partial charge in [0.15, 0.2) is 0 Å². The molecule has 0 bridgehead atoms. The van der Waals surface area contributed by atoms with Crippen molar-refractivity contribution >= 4 is 0 Å². The number of nitrogens with two attached hydrogens (primary N) is 1. The summed E-state index contributed by atoms with van der Waals surface area (Å²) in [6, 6.07) is 0.722. The molecule has 2 N–H and O–H groups in total. The Bertz CT molecular complexity index is 189. The average Bonchev–Trinajstić information content (AvgIpc) is 2.29. The van der Waals surface area contributed by atoms with Crippen LogP contribution in [-0.2, 0) is 4.74 Å². The topological polar surface area (TPSA) is 38.5 Å². The van der Waals surface area contributed by atoms with Crippen molar-refractivity contribution in [2.45, 2.75) is 58.6 Å². The van der Waals surface area contributed by atoms with E-state index in [1.165, 1.54) is 32.4 Å². The van der Waals surface area contributed by atoms with Crippen LogP contribution in [0.3, 0.4) is 0 Å². The van der Waals surface area contributed by atoms with Crippen molar-refractivity contribution in [1.82, 2.24) is 4.90 Å². The SMILES string of the molecule is CC(C)CC(C)N1CCC(OCCCN)CC1. The molecule has 1 atom stereocenters. The first-order valence-electron chi connectivity index (χ1n) is 7.19. The quantitative estimate of drug-likeness (QED) is 0.696. The van der Waals surface area contributed by atoms with E-state index in [1.807, 2.05) is 0 Å². The van der Waals surface area contributed by atoms with Crippen LogP contribution in [0.15, 0.2) is 0 Å². The van der Waals surface area contributed by atoms with E-state index in [0.29, 0.717) is 6.10 Å². The van der Waals surface area contributed by atoms with Gasteiger partial charge in [0.2, 0.25) is 0 Å². The van der Waals surface area contributed by atoms with Gasteiger partial charge in [0.1, 0.15) is 0 Å². The number of likely N-dealkylation sites (tertiary alicyclic amines) is 1. The van der Waals surface area contributed by atoms with Crippen LogP contribution >= 0.6 is 0 Å². The van der Waals surface area contributed by atoms with Gasteiger partial charge in [-0.2, -0.15) is 0 Å². The predicted molar refractivity (Wildman–Crippen MR) is 73.1 cm³/mol. The van der Waals surface area contributed by atoms with Gasteiger partial charge in [0, 0.05) is 25.7 Å². The Morgan fingerprint density at radius 2 is 1.88 bits per heavy atom. The van der Waals surface area contributed by atoms with Crippen molar-refractivity contribution in [1.29, 1.82) is 0 Å². The van der Waals surface area contributed by atoms with E-state index < -0.39 is 0 Å². The summed E-state index contributed by atoms with van der Waals surface area (Å²) in [4.78, 5) is 2.61. The highest BCUT2D eigenvalue weighted by atomic mass is 16.5. The van der Waals surface area contributed by atoms with E-state index in [0.717, 1.165) is 31.5 Å². The number of rotatable bonds is 7. The molecule has 17 heavy (non-hydrogen) atoms. The van der Waals surface area contributed by atoms with Crippen LogP contribution in [0.1, 0.15) is 46.5 Å². The van der Waals surface area contributed by atoms with Crippen LogP contribution in [0.5, 0.6) is 0 Å². The molecule has 0 spiro atoms. The summed E-state index contributed by atoms with van der Waals surface area (Å²) in [5, 5.41) is 0. The Kier molecular flexibility index (Phi) is 7.09. The van der Waals surface area contributed by atoms with E-state index in [2.05, 4.69) is 25.7 Å². The van der Waals surface area contributed by atoms with Crippen molar-refractivity contribution in [2.24, 2.45) is 11.7 Å². The molecule has 0 aliphatic carbocycles. The molecule has 0 radical (unpaired) electrons. The Hall–Kier alpha value is -0.120. The lowest BCUT2D eigenvalue weighted by molar-refractivity contribution is -0.00225. The molecule has 0 saturated carbocycles. The first-order valence-corrected chi connectivity index (χ1v) is 7.19. The molecule has 0 aromatic heterocycles. The van der Waals surface area contributed by atoms with Crippen molar-refractivity contribution in [3.63, 3.8) is 0 Å². The second kappa shape index (κ2) is 8.06. The molecule has 1 aliphatic rings. The highest BCUT2D eigenvalue weighted by Gasteiger charge is 2.23. The maximum Gasteiger partial charge on any atom is 0.0599 e. The Morgan fingerprint density at radius 3 is 2.41 bits per heavy atom. The maximum absolute atomic E-state index is 5.83. The first-order chi connectivity index (χ1) is 8.13. The third-order valence-corrected chi connectivity index (χ3v) is 3.61. The van der Waals surface area contributed by atoms with Gasteiger partial charge in [-0.1, -0.05) is 13.8 Å². The van der Waals surface area contributed by atoms with Crippen LogP contribution in [-0.4, -0.2) is 43.3 Å². The molecule has 1 fully saturated rings. The fourth-order valence-corrected chi connectivity index (χ4v) is 2.65. The Labute approximate surface area is 107 Å². The van der Waals surface area contributed by atoms with Crippen molar-refractivity contribution < 1.29 is 4.74 Å². The average molecular weight is 242 g/mol. The molecular formula is C14H30N2O. The minimum Gasteiger partial charge on any atom is -0.378 e. The highest BCUT2D eigenvalue weighted by molar-refractivity contribution is 4.77. The summed E-state index contributed by atoms with van der Waals surface area (Å²) in [5.41, 5.74) is 5.46. The van der Waals surface area contributed by atoms with Gasteiger partial charge in [0.25, 0.3) is 0 Å². The maximum atomic E-state index is 5.83. The van der Waals surface area contributed by atoms with E-state index in [-0.39, 0.29) is 0 Å². The Balaban J connectivity index is 2.16. The van der Waals surface area contributed by atoms with E-state index >= 15 is 0 Å². The summed E-state index contributed by atoms with van der Waals surface area (Å²) < 4.78 is 5.83. The van der Waals surface area contributed by atoms with Crippen LogP contribution < -0.4 is 5.73 Å². The van der Waals surface area contributed by atoms with Crippen LogP contribution in [0.25, 0.3) is 0 Å². The van der Waals surface area contributed by atoms with Crippen LogP contribution in [0.2, 0.25) is 0 Å². The van der Waals surface area contributed by atoms with Crippen molar-refractivity contribution in [3.05, 3.63) is 0 Å². The monoisotopic (exact) mass is 242 g/mol. The number of nitrogens with zero attached hydrogens (tertiary/aromatic N) is 1. The zero-order valence-electron chi connectivity index (χ0n) is 11.8. The first kappa shape index (κ1) is 14.9. The lowest BCUT2D eigenvalue weighted by Crippen LogP contribution is -2.42. The van der Waals surface area contributed by atoms with Gasteiger partial charge < -0.3 is 15.4 Å². The lowest BCUT2D eigenvalue weighted by Gasteiger charge is -2.36. The fourth-order valence-electron chi connectivity index (χ4n) is 2.65. The van der Waals surface area contributed by atoms with Crippen molar-refractivity contribution in [2.75, 3.05) is 26.2 Å². The lowest BCUT2D eigenvalue weighted by atomic mass is 10.00. The minimum absolute atomic E-state index is 0.476. The molecular weight excluding hydrogens is 212 g/mol. The summed E-state index contributed by atoms with van der Waals surface area (Å²) in [5.74, 6) is 0.795. The molecule has 1 unspecified atom stereocenters. The van der Waals surface area contributed by atoms with Gasteiger partial charge in [-0.25, -0.2) is 0 Å². The molecule has 0 aromatic carbocycles. The molecule has 1 heterocycles. The van der Waals surface area contributed by atoms with Crippen molar-refractivity contribution in [3.8, 4) is 0 Å². The van der Waals surface area contributed by atoms with E-state index in [1.54, 1.807) is 0 Å². The minimum atomic E-state index is 0.476. The molecule has 0 amide bonds. The Morgan fingerprint density at radius 1 is 1.24 bits per heavy atom. The van der Waals surface area contributed by atoms with Gasteiger partial charge in [-0.05, 0) is 45.1 Å². The summed E-state index contributed by atoms with van der Waals surface area (Å²) in [6.07, 6.45) is 5.15. The van der Waals surface area contributed by atoms with E-state index in [9.17, 15) is 0 Å². The normalized spacial score (nSPS) is 21.0. The highest BCUT2D eigenvalue weighted by Crippen LogP contribution is 2.19. The summed E-state index contributed by atoms with van der Waals surface area (Å²) in [7, 11) is 0. The fraction of sp³-hybridized carbons (Fsp3) is 1.00. The van der Waals surface area contributed by atoms with Gasteiger partial charge >= 0.3 is 0 Å². The predicted octanol–water partition coefficient (Wildman–Crippen LogP) is 2.25. The van der Waals surface area contributed by atoms with Crippen LogP contribution in [0.4, 0.5) is 0 Å². The molecule has 0 aromatic rings. The van der Waals surface area contributed by atoms with Gasteiger partial charge in [-0.15, -0.1) is 0 Å². The molecule has 1 rings (SSSR count). The smallest absolute Gasteiger partial charge is 0.0599 e. The standard InChI is InChI=1S/C14H30N2O/c1-12(2)11-13(3)16-8-5-14(6-9-16)17-10-4-7-15/h12-14H,4-11,15H2,1-3H3. The molecule has 3 nitrogen and oxygen atoms in total. The third kappa shape index (κ3) is 5.84. The second-order valence-electron chi connectivity index (χ2n) is 5.73. The number of hydrogen-bond donors (Lipinski definition) is 1. The molecule has 1 saturated heterocycles. The van der Waals surface area contributed by atoms with E-state index in [4.69, 9.17) is 10.5 Å². The van der Waals surface area contributed by atoms with Gasteiger partial charge in [-0.3, -0.25) is 0 Å². The van der Waals surface area contributed by atoms with Crippen LogP contribution in [0, 0.1) is 5.92 Å². The molecule has 102 valence electrons. The summed E-state index contributed by atoms with van der Waals surface area (Å²) in [6.45, 7) is 10.9. The van der Waals surface area contributed by atoms with Gasteiger partial charge in [0.05, 0.1) is 6.10 Å². The molecule has 1 aliphatic heterocycles.